The molecule has 3 heterocycles. The number of benzene rings is 1. The van der Waals surface area contributed by atoms with Gasteiger partial charge in [-0.15, -0.1) is 0 Å². The summed E-state index contributed by atoms with van der Waals surface area (Å²) in [6, 6.07) is 10.8. The molecule has 0 N–H and O–H groups in total. The van der Waals surface area contributed by atoms with Crippen LogP contribution in [0.15, 0.2) is 30.3 Å². The minimum atomic E-state index is 1.06. The largest absolute Gasteiger partial charge is 0.366 e. The molecule has 2 aliphatic heterocycles. The van der Waals surface area contributed by atoms with E-state index in [0.29, 0.717) is 0 Å². The molecule has 0 atom stereocenters. The van der Waals surface area contributed by atoms with Gasteiger partial charge in [-0.25, -0.2) is 4.98 Å². The molecule has 0 saturated carbocycles. The minimum Gasteiger partial charge on any atom is -0.366 e. The van der Waals surface area contributed by atoms with Crippen molar-refractivity contribution in [1.82, 2.24) is 14.8 Å². The first kappa shape index (κ1) is 15.7. The van der Waals surface area contributed by atoms with Gasteiger partial charge in [-0.2, -0.15) is 0 Å². The Labute approximate surface area is 144 Å². The number of rotatable bonds is 2. The van der Waals surface area contributed by atoms with Crippen molar-refractivity contribution in [3.63, 3.8) is 0 Å². The molecule has 0 unspecified atom stereocenters. The topological polar surface area (TPSA) is 25.9 Å². The molecule has 2 aliphatic rings. The molecule has 128 valence electrons. The van der Waals surface area contributed by atoms with Crippen LogP contribution in [-0.4, -0.2) is 81.2 Å². The van der Waals surface area contributed by atoms with Crippen LogP contribution in [0.5, 0.6) is 0 Å². The fourth-order valence-electron chi connectivity index (χ4n) is 3.63. The molecular formula is C19H27N5. The van der Waals surface area contributed by atoms with Crippen molar-refractivity contribution in [3.05, 3.63) is 30.3 Å². The van der Waals surface area contributed by atoms with Crippen molar-refractivity contribution in [2.75, 3.05) is 76.3 Å². The summed E-state index contributed by atoms with van der Waals surface area (Å²) < 4.78 is 0. The zero-order chi connectivity index (χ0) is 16.5. The summed E-state index contributed by atoms with van der Waals surface area (Å²) in [5, 5.41) is 1.24. The van der Waals surface area contributed by atoms with Gasteiger partial charge in [-0.1, -0.05) is 18.2 Å². The lowest BCUT2D eigenvalue weighted by Crippen LogP contribution is -2.47. The highest BCUT2D eigenvalue weighted by molar-refractivity contribution is 5.87. The summed E-state index contributed by atoms with van der Waals surface area (Å²) in [4.78, 5) is 14.9. The second kappa shape index (κ2) is 6.57. The van der Waals surface area contributed by atoms with Crippen molar-refractivity contribution in [1.29, 1.82) is 0 Å². The Hall–Kier alpha value is -1.85. The number of hydrogen-bond donors (Lipinski definition) is 0. The average molecular weight is 325 g/mol. The van der Waals surface area contributed by atoms with Gasteiger partial charge in [0.15, 0.2) is 5.82 Å². The quantitative estimate of drug-likeness (QED) is 0.838. The summed E-state index contributed by atoms with van der Waals surface area (Å²) in [5.41, 5.74) is 2.41. The highest BCUT2D eigenvalue weighted by atomic mass is 15.3. The van der Waals surface area contributed by atoms with E-state index in [2.05, 4.69) is 64.0 Å². The second-order valence-corrected chi connectivity index (χ2v) is 7.10. The lowest BCUT2D eigenvalue weighted by Gasteiger charge is -2.39. The van der Waals surface area contributed by atoms with E-state index >= 15 is 0 Å². The number of aromatic nitrogens is 1. The van der Waals surface area contributed by atoms with Gasteiger partial charge in [-0.3, -0.25) is 0 Å². The number of para-hydroxylation sites is 1. The van der Waals surface area contributed by atoms with Crippen LogP contribution in [0.2, 0.25) is 0 Å². The van der Waals surface area contributed by atoms with Crippen LogP contribution < -0.4 is 9.80 Å². The van der Waals surface area contributed by atoms with Crippen molar-refractivity contribution in [3.8, 4) is 0 Å². The van der Waals surface area contributed by atoms with Crippen LogP contribution in [0.4, 0.5) is 11.5 Å². The molecule has 2 aromatic rings. The van der Waals surface area contributed by atoms with Crippen molar-refractivity contribution < 1.29 is 0 Å². The summed E-state index contributed by atoms with van der Waals surface area (Å²) in [5.74, 6) is 1.17. The highest BCUT2D eigenvalue weighted by Gasteiger charge is 2.23. The van der Waals surface area contributed by atoms with Crippen LogP contribution in [0.3, 0.4) is 0 Å². The number of likely N-dealkylation sites (N-methyl/N-ethyl adjacent to an activating group) is 2. The molecule has 0 bridgehead atoms. The van der Waals surface area contributed by atoms with Crippen molar-refractivity contribution in [2.45, 2.75) is 0 Å². The monoisotopic (exact) mass is 325 g/mol. The predicted octanol–water partition coefficient (Wildman–Crippen LogP) is 1.74. The maximum absolute atomic E-state index is 5.07. The van der Waals surface area contributed by atoms with Crippen LogP contribution in [-0.2, 0) is 0 Å². The Balaban J connectivity index is 1.73. The first-order chi connectivity index (χ1) is 11.7. The van der Waals surface area contributed by atoms with E-state index in [1.54, 1.807) is 0 Å². The maximum atomic E-state index is 5.07. The number of hydrogen-bond acceptors (Lipinski definition) is 5. The number of anilines is 2. The maximum Gasteiger partial charge on any atom is 0.153 e. The summed E-state index contributed by atoms with van der Waals surface area (Å²) >= 11 is 0. The van der Waals surface area contributed by atoms with Gasteiger partial charge < -0.3 is 19.6 Å². The number of piperazine rings is 2. The van der Waals surface area contributed by atoms with E-state index in [0.717, 1.165) is 57.9 Å². The third kappa shape index (κ3) is 3.06. The van der Waals surface area contributed by atoms with Crippen LogP contribution >= 0.6 is 0 Å². The van der Waals surface area contributed by atoms with Crippen LogP contribution in [0.25, 0.3) is 10.9 Å². The molecule has 1 aromatic carbocycles. The normalized spacial score (nSPS) is 20.8. The molecule has 0 amide bonds. The third-order valence-corrected chi connectivity index (χ3v) is 5.33. The number of pyridine rings is 1. The first-order valence-electron chi connectivity index (χ1n) is 8.97. The van der Waals surface area contributed by atoms with E-state index in [-0.39, 0.29) is 0 Å². The Morgan fingerprint density at radius 3 is 2.00 bits per heavy atom. The zero-order valence-corrected chi connectivity index (χ0v) is 14.8. The first-order valence-corrected chi connectivity index (χ1v) is 8.97. The third-order valence-electron chi connectivity index (χ3n) is 5.33. The molecule has 5 heteroatoms. The van der Waals surface area contributed by atoms with Crippen molar-refractivity contribution >= 4 is 22.4 Å². The standard InChI is InChI=1S/C19H27N5/c1-21-7-11-23(12-8-21)18-15-16-5-3-4-6-17(16)20-19(18)24-13-9-22(2)10-14-24/h3-6,15H,7-14H2,1-2H3. The van der Waals surface area contributed by atoms with Crippen molar-refractivity contribution in [2.24, 2.45) is 0 Å². The van der Waals surface area contributed by atoms with Crippen LogP contribution in [0.1, 0.15) is 0 Å². The summed E-state index contributed by atoms with van der Waals surface area (Å²) in [6.45, 7) is 8.73. The Morgan fingerprint density at radius 2 is 1.33 bits per heavy atom. The van der Waals surface area contributed by atoms with E-state index < -0.39 is 0 Å². The number of nitrogens with zero attached hydrogens (tertiary/aromatic N) is 5. The van der Waals surface area contributed by atoms with E-state index in [4.69, 9.17) is 4.98 Å². The van der Waals surface area contributed by atoms with Crippen LogP contribution in [0, 0.1) is 0 Å². The van der Waals surface area contributed by atoms with Gasteiger partial charge in [0.1, 0.15) is 0 Å². The van der Waals surface area contributed by atoms with Gasteiger partial charge in [0.2, 0.25) is 0 Å². The molecular weight excluding hydrogens is 298 g/mol. The minimum absolute atomic E-state index is 1.06. The lowest BCUT2D eigenvalue weighted by molar-refractivity contribution is 0.309. The molecule has 0 aliphatic carbocycles. The van der Waals surface area contributed by atoms with Gasteiger partial charge >= 0.3 is 0 Å². The van der Waals surface area contributed by atoms with E-state index in [1.165, 1.54) is 16.9 Å². The van der Waals surface area contributed by atoms with E-state index in [1.807, 2.05) is 0 Å². The fraction of sp³-hybridized carbons (Fsp3) is 0.526. The summed E-state index contributed by atoms with van der Waals surface area (Å²) in [6.07, 6.45) is 0. The van der Waals surface area contributed by atoms with Gasteiger partial charge in [0.25, 0.3) is 0 Å². The molecule has 2 saturated heterocycles. The van der Waals surface area contributed by atoms with E-state index in [9.17, 15) is 0 Å². The van der Waals surface area contributed by atoms with Gasteiger partial charge in [0, 0.05) is 57.7 Å². The molecule has 2 fully saturated rings. The predicted molar refractivity (Wildman–Crippen MR) is 101 cm³/mol. The molecule has 0 radical (unpaired) electrons. The molecule has 5 nitrogen and oxygen atoms in total. The fourth-order valence-corrected chi connectivity index (χ4v) is 3.63. The molecule has 4 rings (SSSR count). The Bertz CT molecular complexity index is 639. The highest BCUT2D eigenvalue weighted by Crippen LogP contribution is 2.32. The Kier molecular flexibility index (Phi) is 4.29. The smallest absolute Gasteiger partial charge is 0.153 e. The summed E-state index contributed by atoms with van der Waals surface area (Å²) in [7, 11) is 4.41. The van der Waals surface area contributed by atoms with Gasteiger partial charge in [-0.05, 0) is 26.2 Å². The lowest BCUT2D eigenvalue weighted by atomic mass is 10.1. The molecule has 0 spiro atoms. The number of fused-ring (bicyclic) bond motifs is 1. The van der Waals surface area contributed by atoms with Gasteiger partial charge in [0.05, 0.1) is 11.2 Å². The molecule has 24 heavy (non-hydrogen) atoms. The SMILES string of the molecule is CN1CCN(c2cc3ccccc3nc2N2CCN(C)CC2)CC1. The second-order valence-electron chi connectivity index (χ2n) is 7.10. The Morgan fingerprint density at radius 1 is 0.750 bits per heavy atom. The molecule has 1 aromatic heterocycles. The zero-order valence-electron chi connectivity index (χ0n) is 14.8. The average Bonchev–Trinajstić information content (AvgIpc) is 2.62.